The highest BCUT2D eigenvalue weighted by molar-refractivity contribution is 5.82. The molecule has 2 amide bonds. The summed E-state index contributed by atoms with van der Waals surface area (Å²) in [5.74, 6) is -0.789. The van der Waals surface area contributed by atoms with Gasteiger partial charge in [-0.15, -0.1) is 0 Å². The van der Waals surface area contributed by atoms with E-state index < -0.39 is 12.0 Å². The Labute approximate surface area is 104 Å². The second kappa shape index (κ2) is 7.26. The number of rotatable bonds is 5. The van der Waals surface area contributed by atoms with Crippen molar-refractivity contribution in [2.45, 2.75) is 13.5 Å². The summed E-state index contributed by atoms with van der Waals surface area (Å²) in [7, 11) is 0. The second-order valence-electron chi connectivity index (χ2n) is 3.44. The lowest BCUT2D eigenvalue weighted by molar-refractivity contribution is -0.120. The van der Waals surface area contributed by atoms with Crippen molar-refractivity contribution in [1.82, 2.24) is 10.6 Å². The van der Waals surface area contributed by atoms with Gasteiger partial charge in [0.2, 0.25) is 5.91 Å². The number of hydrogen-bond acceptors (Lipinski definition) is 3. The largest absolute Gasteiger partial charge is 0.450 e. The van der Waals surface area contributed by atoms with E-state index in [4.69, 9.17) is 0 Å². The minimum atomic E-state index is -0.654. The van der Waals surface area contributed by atoms with Gasteiger partial charge in [0, 0.05) is 12.1 Å². The molecule has 0 spiro atoms. The van der Waals surface area contributed by atoms with E-state index in [0.29, 0.717) is 5.56 Å². The number of carbonyl (C=O) groups is 2. The van der Waals surface area contributed by atoms with Crippen LogP contribution in [0.15, 0.2) is 24.3 Å². The first kappa shape index (κ1) is 14.0. The number of carbonyl (C=O) groups excluding carboxylic acids is 2. The summed E-state index contributed by atoms with van der Waals surface area (Å²) in [4.78, 5) is 22.2. The highest BCUT2D eigenvalue weighted by atomic mass is 19.1. The normalized spacial score (nSPS) is 9.67. The Balaban J connectivity index is 2.29. The van der Waals surface area contributed by atoms with E-state index in [0.717, 1.165) is 0 Å². The number of benzene rings is 1. The van der Waals surface area contributed by atoms with Gasteiger partial charge < -0.3 is 15.4 Å². The molecule has 0 aliphatic heterocycles. The molecule has 18 heavy (non-hydrogen) atoms. The van der Waals surface area contributed by atoms with E-state index >= 15 is 0 Å². The number of alkyl carbamates (subject to hydrolysis) is 1. The van der Waals surface area contributed by atoms with E-state index in [2.05, 4.69) is 15.4 Å². The molecule has 5 nitrogen and oxygen atoms in total. The SMILES string of the molecule is CCOC(=O)NCC(=O)NCc1ccccc1F. The molecule has 6 heteroatoms. The highest BCUT2D eigenvalue weighted by Gasteiger charge is 2.06. The average molecular weight is 254 g/mol. The van der Waals surface area contributed by atoms with Gasteiger partial charge in [0.15, 0.2) is 0 Å². The van der Waals surface area contributed by atoms with Crippen molar-refractivity contribution >= 4 is 12.0 Å². The van der Waals surface area contributed by atoms with E-state index in [1.807, 2.05) is 0 Å². The lowest BCUT2D eigenvalue weighted by atomic mass is 10.2. The fraction of sp³-hybridized carbons (Fsp3) is 0.333. The van der Waals surface area contributed by atoms with Crippen LogP contribution in [0.25, 0.3) is 0 Å². The van der Waals surface area contributed by atoms with Crippen molar-refractivity contribution in [2.75, 3.05) is 13.2 Å². The van der Waals surface area contributed by atoms with E-state index in [9.17, 15) is 14.0 Å². The molecular formula is C12H15FN2O3. The summed E-state index contributed by atoms with van der Waals surface area (Å²) >= 11 is 0. The summed E-state index contributed by atoms with van der Waals surface area (Å²) in [6.07, 6.45) is -0.654. The van der Waals surface area contributed by atoms with Gasteiger partial charge in [-0.2, -0.15) is 0 Å². The van der Waals surface area contributed by atoms with Crippen LogP contribution < -0.4 is 10.6 Å². The summed E-state index contributed by atoms with van der Waals surface area (Å²) in [5.41, 5.74) is 0.391. The minimum absolute atomic E-state index is 0.0794. The molecule has 0 aromatic heterocycles. The second-order valence-corrected chi connectivity index (χ2v) is 3.44. The maximum absolute atomic E-state index is 13.2. The minimum Gasteiger partial charge on any atom is -0.450 e. The molecule has 0 saturated heterocycles. The van der Waals surface area contributed by atoms with Gasteiger partial charge in [0.1, 0.15) is 12.4 Å². The maximum Gasteiger partial charge on any atom is 0.407 e. The van der Waals surface area contributed by atoms with E-state index in [1.165, 1.54) is 6.07 Å². The number of amides is 2. The average Bonchev–Trinajstić information content (AvgIpc) is 2.36. The van der Waals surface area contributed by atoms with Crippen LogP contribution in [0.1, 0.15) is 12.5 Å². The summed E-state index contributed by atoms with van der Waals surface area (Å²) in [5, 5.41) is 4.76. The molecule has 1 rings (SSSR count). The summed E-state index contributed by atoms with van der Waals surface area (Å²) in [6.45, 7) is 1.78. The van der Waals surface area contributed by atoms with Crippen molar-refractivity contribution in [1.29, 1.82) is 0 Å². The molecule has 1 aromatic carbocycles. The fourth-order valence-electron chi connectivity index (χ4n) is 1.23. The first-order valence-corrected chi connectivity index (χ1v) is 5.54. The van der Waals surface area contributed by atoms with Crippen LogP contribution in [0.3, 0.4) is 0 Å². The molecule has 0 radical (unpaired) electrons. The molecular weight excluding hydrogens is 239 g/mol. The molecule has 0 aliphatic rings. The Morgan fingerprint density at radius 1 is 1.28 bits per heavy atom. The van der Waals surface area contributed by atoms with Crippen LogP contribution in [0.2, 0.25) is 0 Å². The zero-order valence-corrected chi connectivity index (χ0v) is 10.0. The quantitative estimate of drug-likeness (QED) is 0.829. The third kappa shape index (κ3) is 4.82. The van der Waals surface area contributed by atoms with Crippen LogP contribution in [-0.2, 0) is 16.1 Å². The maximum atomic E-state index is 13.2. The Kier molecular flexibility index (Phi) is 5.63. The Hall–Kier alpha value is -2.11. The van der Waals surface area contributed by atoms with Crippen LogP contribution in [0.5, 0.6) is 0 Å². The number of hydrogen-bond donors (Lipinski definition) is 2. The predicted octanol–water partition coefficient (Wildman–Crippen LogP) is 1.19. The fourth-order valence-corrected chi connectivity index (χ4v) is 1.23. The molecule has 0 unspecified atom stereocenters. The molecule has 0 saturated carbocycles. The van der Waals surface area contributed by atoms with E-state index in [1.54, 1.807) is 25.1 Å². The topological polar surface area (TPSA) is 67.4 Å². The molecule has 98 valence electrons. The van der Waals surface area contributed by atoms with Gasteiger partial charge in [-0.25, -0.2) is 9.18 Å². The van der Waals surface area contributed by atoms with Crippen LogP contribution in [-0.4, -0.2) is 25.2 Å². The Bertz CT molecular complexity index is 424. The van der Waals surface area contributed by atoms with Gasteiger partial charge in [-0.3, -0.25) is 4.79 Å². The van der Waals surface area contributed by atoms with Gasteiger partial charge in [0.25, 0.3) is 0 Å². The van der Waals surface area contributed by atoms with Crippen molar-refractivity contribution < 1.29 is 18.7 Å². The van der Waals surface area contributed by atoms with Crippen molar-refractivity contribution in [3.63, 3.8) is 0 Å². The summed E-state index contributed by atoms with van der Waals surface area (Å²) < 4.78 is 17.8. The van der Waals surface area contributed by atoms with Gasteiger partial charge in [-0.05, 0) is 13.0 Å². The third-order valence-electron chi connectivity index (χ3n) is 2.10. The lowest BCUT2D eigenvalue weighted by Crippen LogP contribution is -2.37. The number of nitrogens with one attached hydrogen (secondary N) is 2. The Morgan fingerprint density at radius 2 is 2.00 bits per heavy atom. The third-order valence-corrected chi connectivity index (χ3v) is 2.10. The molecule has 1 aromatic rings. The number of halogens is 1. The number of ether oxygens (including phenoxy) is 1. The van der Waals surface area contributed by atoms with Crippen molar-refractivity contribution in [2.24, 2.45) is 0 Å². The van der Waals surface area contributed by atoms with Crippen LogP contribution >= 0.6 is 0 Å². The van der Waals surface area contributed by atoms with Gasteiger partial charge in [0.05, 0.1) is 6.61 Å². The highest BCUT2D eigenvalue weighted by Crippen LogP contribution is 2.04. The molecule has 2 N–H and O–H groups in total. The smallest absolute Gasteiger partial charge is 0.407 e. The first-order valence-electron chi connectivity index (χ1n) is 5.54. The molecule has 0 aliphatic carbocycles. The monoisotopic (exact) mass is 254 g/mol. The van der Waals surface area contributed by atoms with Gasteiger partial charge >= 0.3 is 6.09 Å². The molecule has 0 atom stereocenters. The van der Waals surface area contributed by atoms with Gasteiger partial charge in [-0.1, -0.05) is 18.2 Å². The Morgan fingerprint density at radius 3 is 2.67 bits per heavy atom. The van der Waals surface area contributed by atoms with Crippen LogP contribution in [0, 0.1) is 5.82 Å². The lowest BCUT2D eigenvalue weighted by Gasteiger charge is -2.07. The molecule has 0 bridgehead atoms. The molecule has 0 fully saturated rings. The van der Waals surface area contributed by atoms with Crippen molar-refractivity contribution in [3.05, 3.63) is 35.6 Å². The standard InChI is InChI=1S/C12H15FN2O3/c1-2-18-12(17)15-8-11(16)14-7-9-5-3-4-6-10(9)13/h3-6H,2,7-8H2,1H3,(H,14,16)(H,15,17). The van der Waals surface area contributed by atoms with E-state index in [-0.39, 0.29) is 25.5 Å². The van der Waals surface area contributed by atoms with Crippen LogP contribution in [0.4, 0.5) is 9.18 Å². The first-order chi connectivity index (χ1) is 8.63. The predicted molar refractivity (Wildman–Crippen MR) is 63.3 cm³/mol. The van der Waals surface area contributed by atoms with Crippen molar-refractivity contribution in [3.8, 4) is 0 Å². The zero-order chi connectivity index (χ0) is 13.4. The zero-order valence-electron chi connectivity index (χ0n) is 10.0. The summed E-state index contributed by atoms with van der Waals surface area (Å²) in [6, 6.07) is 6.15. The molecule has 0 heterocycles.